The van der Waals surface area contributed by atoms with E-state index in [1.165, 1.54) is 11.1 Å². The maximum Gasteiger partial charge on any atom is 0.317 e. The number of ether oxygens (including phenoxy) is 5. The molecule has 11 heteroatoms. The zero-order valence-electron chi connectivity index (χ0n) is 31.7. The molecule has 6 heterocycles. The Morgan fingerprint density at radius 1 is 0.722 bits per heavy atom. The molecule has 0 spiro atoms. The van der Waals surface area contributed by atoms with E-state index in [0.717, 1.165) is 80.1 Å². The van der Waals surface area contributed by atoms with E-state index in [2.05, 4.69) is 70.5 Å². The summed E-state index contributed by atoms with van der Waals surface area (Å²) in [4.78, 5) is 23.3. The van der Waals surface area contributed by atoms with Gasteiger partial charge in [0, 0.05) is 64.0 Å². The maximum atomic E-state index is 14.1. The number of urea groups is 1. The number of piperazine rings is 1. The van der Waals surface area contributed by atoms with Crippen molar-refractivity contribution in [2.75, 3.05) is 80.7 Å². The average molecular weight is 732 g/mol. The van der Waals surface area contributed by atoms with Crippen molar-refractivity contribution >= 4 is 6.03 Å². The lowest BCUT2D eigenvalue weighted by Gasteiger charge is -2.40. The van der Waals surface area contributed by atoms with Crippen molar-refractivity contribution in [2.45, 2.75) is 37.8 Å². The number of hydrogen-bond acceptors (Lipinski definition) is 9. The van der Waals surface area contributed by atoms with Gasteiger partial charge in [-0.25, -0.2) is 4.79 Å². The molecular formula is C43H49N5O6. The second-order valence-electron chi connectivity index (χ2n) is 15.2. The highest BCUT2D eigenvalue weighted by atomic mass is 16.6. The van der Waals surface area contributed by atoms with Gasteiger partial charge < -0.3 is 38.8 Å². The fourth-order valence-corrected chi connectivity index (χ4v) is 8.77. The molecular weight excluding hydrogens is 683 g/mol. The third-order valence-electron chi connectivity index (χ3n) is 11.9. The molecule has 1 N–H and O–H groups in total. The number of rotatable bonds is 5. The van der Waals surface area contributed by atoms with Gasteiger partial charge in [-0.1, -0.05) is 18.2 Å². The van der Waals surface area contributed by atoms with E-state index < -0.39 is 0 Å². The zero-order valence-corrected chi connectivity index (χ0v) is 31.7. The fourth-order valence-electron chi connectivity index (χ4n) is 8.77. The van der Waals surface area contributed by atoms with Crippen molar-refractivity contribution < 1.29 is 28.5 Å². The molecule has 11 nitrogen and oxygen atoms in total. The van der Waals surface area contributed by atoms with Gasteiger partial charge >= 0.3 is 6.03 Å². The lowest BCUT2D eigenvalue weighted by molar-refractivity contribution is 0.148. The Balaban J connectivity index is 1.13. The SMILES string of the molecule is COc1ccc2cc1Oc1ccc(cc1)CC1c3c(cc(OC)c4c3Oc3cc5c(cc3O4)CCN(C(=O)NCCN3CCN(C)CC3)C5C2)CCN1C. The second kappa shape index (κ2) is 14.4. The molecule has 4 aromatic rings. The Bertz CT molecular complexity index is 2060. The van der Waals surface area contributed by atoms with Gasteiger partial charge in [0.1, 0.15) is 5.75 Å². The van der Waals surface area contributed by atoms with Crippen LogP contribution in [0.25, 0.3) is 0 Å². The first-order chi connectivity index (χ1) is 26.3. The number of nitrogens with one attached hydrogen (secondary N) is 1. The van der Waals surface area contributed by atoms with E-state index in [4.69, 9.17) is 23.7 Å². The van der Waals surface area contributed by atoms with Crippen LogP contribution in [0.5, 0.6) is 46.0 Å². The zero-order chi connectivity index (χ0) is 36.9. The molecule has 282 valence electrons. The van der Waals surface area contributed by atoms with Crippen molar-refractivity contribution in [3.63, 3.8) is 0 Å². The molecule has 54 heavy (non-hydrogen) atoms. The van der Waals surface area contributed by atoms with Crippen molar-refractivity contribution in [3.8, 4) is 46.0 Å². The summed E-state index contributed by atoms with van der Waals surface area (Å²) in [6.07, 6.45) is 2.93. The van der Waals surface area contributed by atoms with Gasteiger partial charge in [-0.2, -0.15) is 0 Å². The highest BCUT2D eigenvalue weighted by Gasteiger charge is 2.38. The Morgan fingerprint density at radius 3 is 2.24 bits per heavy atom. The predicted octanol–water partition coefficient (Wildman–Crippen LogP) is 6.58. The van der Waals surface area contributed by atoms with Gasteiger partial charge in [0.05, 0.1) is 20.3 Å². The van der Waals surface area contributed by atoms with Crippen LogP contribution < -0.4 is 29.0 Å². The lowest BCUT2D eigenvalue weighted by atomic mass is 9.86. The summed E-state index contributed by atoms with van der Waals surface area (Å²) in [5.41, 5.74) is 6.75. The van der Waals surface area contributed by atoms with Crippen molar-refractivity contribution in [3.05, 3.63) is 94.0 Å². The quantitative estimate of drug-likeness (QED) is 0.216. The van der Waals surface area contributed by atoms with Crippen LogP contribution in [0.4, 0.5) is 4.79 Å². The molecule has 2 amide bonds. The van der Waals surface area contributed by atoms with Crippen LogP contribution in [-0.4, -0.2) is 106 Å². The number of hydrogen-bond donors (Lipinski definition) is 1. The largest absolute Gasteiger partial charge is 0.493 e. The minimum Gasteiger partial charge on any atom is -0.493 e. The van der Waals surface area contributed by atoms with Crippen molar-refractivity contribution in [1.29, 1.82) is 0 Å². The summed E-state index contributed by atoms with van der Waals surface area (Å²) in [5.74, 6) is 5.32. The lowest BCUT2D eigenvalue weighted by Crippen LogP contribution is -2.50. The van der Waals surface area contributed by atoms with Gasteiger partial charge in [0.15, 0.2) is 34.5 Å². The number of nitrogens with zero attached hydrogens (tertiary/aromatic N) is 4. The Kier molecular flexibility index (Phi) is 9.24. The summed E-state index contributed by atoms with van der Waals surface area (Å²) in [7, 11) is 7.68. The van der Waals surface area contributed by atoms with E-state index in [0.29, 0.717) is 66.2 Å². The minimum absolute atomic E-state index is 0.0522. The van der Waals surface area contributed by atoms with Crippen LogP contribution >= 0.6 is 0 Å². The van der Waals surface area contributed by atoms with Gasteiger partial charge in [-0.15, -0.1) is 0 Å². The van der Waals surface area contributed by atoms with Crippen LogP contribution in [0.1, 0.15) is 45.5 Å². The summed E-state index contributed by atoms with van der Waals surface area (Å²) in [5, 5.41) is 3.27. The molecule has 0 saturated carbocycles. The van der Waals surface area contributed by atoms with E-state index in [9.17, 15) is 4.79 Å². The molecule has 7 bridgehead atoms. The number of amides is 2. The third kappa shape index (κ3) is 6.48. The Hall–Kier alpha value is -4.97. The molecule has 2 unspecified atom stereocenters. The van der Waals surface area contributed by atoms with Gasteiger partial charge in [-0.05, 0) is 110 Å². The molecule has 0 aliphatic carbocycles. The monoisotopic (exact) mass is 731 g/mol. The maximum absolute atomic E-state index is 14.1. The summed E-state index contributed by atoms with van der Waals surface area (Å²) >= 11 is 0. The number of fused-ring (bicyclic) bond motifs is 2. The van der Waals surface area contributed by atoms with Crippen LogP contribution in [0, 0.1) is 0 Å². The van der Waals surface area contributed by atoms with Crippen LogP contribution in [-0.2, 0) is 25.7 Å². The first-order valence-electron chi connectivity index (χ1n) is 19.2. The van der Waals surface area contributed by atoms with Gasteiger partial charge in [0.25, 0.3) is 0 Å². The van der Waals surface area contributed by atoms with Crippen molar-refractivity contribution in [2.24, 2.45) is 0 Å². The molecule has 6 aliphatic rings. The van der Waals surface area contributed by atoms with Gasteiger partial charge in [-0.3, -0.25) is 9.80 Å². The first-order valence-corrected chi connectivity index (χ1v) is 19.2. The van der Waals surface area contributed by atoms with Crippen LogP contribution in [0.3, 0.4) is 0 Å². The number of carbonyl (C=O) groups excluding carboxylic acids is 1. The highest BCUT2D eigenvalue weighted by Crippen LogP contribution is 2.56. The Labute approximate surface area is 317 Å². The molecule has 10 rings (SSSR count). The summed E-state index contributed by atoms with van der Waals surface area (Å²) in [6.45, 7) is 7.04. The van der Waals surface area contributed by atoms with Crippen LogP contribution in [0.2, 0.25) is 0 Å². The number of benzene rings is 4. The molecule has 1 saturated heterocycles. The molecule has 0 aromatic heterocycles. The van der Waals surface area contributed by atoms with E-state index in [-0.39, 0.29) is 18.1 Å². The molecule has 1 fully saturated rings. The molecule has 6 aliphatic heterocycles. The molecule has 0 radical (unpaired) electrons. The molecule has 2 atom stereocenters. The minimum atomic E-state index is -0.259. The van der Waals surface area contributed by atoms with E-state index >= 15 is 0 Å². The summed E-state index contributed by atoms with van der Waals surface area (Å²) in [6, 6.07) is 20.4. The van der Waals surface area contributed by atoms with Gasteiger partial charge in [0.2, 0.25) is 5.75 Å². The number of carbonyl (C=O) groups is 1. The molecule has 4 aromatic carbocycles. The second-order valence-corrected chi connectivity index (χ2v) is 15.2. The van der Waals surface area contributed by atoms with Crippen LogP contribution in [0.15, 0.2) is 60.7 Å². The van der Waals surface area contributed by atoms with E-state index in [1.54, 1.807) is 14.2 Å². The first kappa shape index (κ1) is 34.8. The topological polar surface area (TPSA) is 88.2 Å². The summed E-state index contributed by atoms with van der Waals surface area (Å²) < 4.78 is 31.9. The Morgan fingerprint density at radius 2 is 1.44 bits per heavy atom. The fraction of sp³-hybridized carbons (Fsp3) is 0.419. The van der Waals surface area contributed by atoms with E-state index in [1.807, 2.05) is 29.2 Å². The normalized spacial score (nSPS) is 20.6. The van der Waals surface area contributed by atoms with Crippen molar-refractivity contribution in [1.82, 2.24) is 24.9 Å². The smallest absolute Gasteiger partial charge is 0.317 e. The number of likely N-dealkylation sites (N-methyl/N-ethyl adjacent to an activating group) is 2. The average Bonchev–Trinajstić information content (AvgIpc) is 3.18. The number of methoxy groups -OCH3 is 2. The standard InChI is InChI=1S/C43H49N5O6/c1-45-17-19-47(20-18-45)16-13-44-43(49)48-15-12-29-24-37-38-26-32(29)33(48)22-28-7-10-35(50-3)36(23-28)52-31-8-5-27(6-9-31)21-34-40-30(11-14-46(34)2)25-39(51-4)41(53-37)42(40)54-38/h5-10,23-26,33-34H,11-22H2,1-4H3,(H,44,49). The predicted molar refractivity (Wildman–Crippen MR) is 206 cm³/mol. The highest BCUT2D eigenvalue weighted by molar-refractivity contribution is 5.76. The third-order valence-corrected chi connectivity index (χ3v) is 11.9.